The first-order chi connectivity index (χ1) is 10.2. The molecule has 5 nitrogen and oxygen atoms in total. The van der Waals surface area contributed by atoms with Crippen molar-refractivity contribution in [2.24, 2.45) is 0 Å². The minimum Gasteiger partial charge on any atom is -0.342 e. The van der Waals surface area contributed by atoms with Crippen LogP contribution in [0.5, 0.6) is 0 Å². The van der Waals surface area contributed by atoms with E-state index in [1.54, 1.807) is 0 Å². The van der Waals surface area contributed by atoms with Crippen molar-refractivity contribution in [2.45, 2.75) is 26.2 Å². The maximum atomic E-state index is 11.9. The average molecular weight is 290 g/mol. The van der Waals surface area contributed by atoms with Crippen molar-refractivity contribution in [1.29, 1.82) is 0 Å². The van der Waals surface area contributed by atoms with E-state index in [0.29, 0.717) is 6.54 Å². The Morgan fingerprint density at radius 3 is 2.57 bits per heavy atom. The van der Waals surface area contributed by atoms with Crippen LogP contribution in [-0.4, -0.2) is 38.0 Å². The smallest absolute Gasteiger partial charge is 0.275 e. The highest BCUT2D eigenvalue weighted by Gasteiger charge is 2.19. The molecule has 1 aromatic rings. The molecule has 0 spiro atoms. The van der Waals surface area contributed by atoms with Crippen molar-refractivity contribution in [3.8, 4) is 0 Å². The fraction of sp³-hybridized carbons (Fsp3) is 0.500. The van der Waals surface area contributed by atoms with Crippen LogP contribution in [0.1, 0.15) is 25.3 Å². The summed E-state index contributed by atoms with van der Waals surface area (Å²) in [6.07, 6.45) is 3.24. The number of aryl methyl sites for hydroxylation is 1. The number of nitrogens with one attached hydrogen (secondary N) is 3. The summed E-state index contributed by atoms with van der Waals surface area (Å²) < 4.78 is 0. The molecule has 0 aliphatic carbocycles. The molecule has 114 valence electrons. The first kappa shape index (κ1) is 15.5. The summed E-state index contributed by atoms with van der Waals surface area (Å²) in [7, 11) is 0. The molecule has 0 radical (unpaired) electrons. The molecule has 3 N–H and O–H groups in total. The Hall–Kier alpha value is -1.88. The van der Waals surface area contributed by atoms with Crippen LogP contribution in [-0.2, 0) is 16.0 Å². The summed E-state index contributed by atoms with van der Waals surface area (Å²) in [5.41, 5.74) is 1.92. The molecule has 0 saturated carbocycles. The number of likely N-dealkylation sites (tertiary alicyclic amines) is 1. The Morgan fingerprint density at radius 2 is 1.86 bits per heavy atom. The van der Waals surface area contributed by atoms with Crippen LogP contribution in [0.4, 0.5) is 5.69 Å². The van der Waals surface area contributed by atoms with Gasteiger partial charge in [0.1, 0.15) is 0 Å². The van der Waals surface area contributed by atoms with Gasteiger partial charge in [0, 0.05) is 18.5 Å². The second kappa shape index (κ2) is 7.78. The van der Waals surface area contributed by atoms with Crippen molar-refractivity contribution < 1.29 is 14.5 Å². The fourth-order valence-electron chi connectivity index (χ4n) is 2.67. The van der Waals surface area contributed by atoms with Gasteiger partial charge in [-0.15, -0.1) is 0 Å². The van der Waals surface area contributed by atoms with E-state index in [1.165, 1.54) is 17.7 Å². The minimum absolute atomic E-state index is 0.0319. The van der Waals surface area contributed by atoms with Crippen molar-refractivity contribution >= 4 is 17.5 Å². The summed E-state index contributed by atoms with van der Waals surface area (Å²) in [4.78, 5) is 25.0. The number of hydrogen-bond acceptors (Lipinski definition) is 2. The molecular formula is C16H24N3O2+. The highest BCUT2D eigenvalue weighted by molar-refractivity contribution is 5.95. The Kier molecular flexibility index (Phi) is 5.75. The van der Waals surface area contributed by atoms with E-state index < -0.39 is 0 Å². The van der Waals surface area contributed by atoms with E-state index in [9.17, 15) is 9.59 Å². The predicted octanol–water partition coefficient (Wildman–Crippen LogP) is -0.0176. The van der Waals surface area contributed by atoms with Gasteiger partial charge >= 0.3 is 0 Å². The molecule has 1 aliphatic rings. The van der Waals surface area contributed by atoms with Crippen LogP contribution in [0.25, 0.3) is 0 Å². The van der Waals surface area contributed by atoms with Gasteiger partial charge in [-0.1, -0.05) is 25.1 Å². The summed E-state index contributed by atoms with van der Waals surface area (Å²) in [6.45, 7) is 4.67. The maximum Gasteiger partial charge on any atom is 0.275 e. The molecule has 2 rings (SSSR count). The zero-order valence-corrected chi connectivity index (χ0v) is 12.6. The fourth-order valence-corrected chi connectivity index (χ4v) is 2.67. The van der Waals surface area contributed by atoms with Crippen LogP contribution in [0.15, 0.2) is 24.3 Å². The molecule has 1 heterocycles. The van der Waals surface area contributed by atoms with E-state index in [1.807, 2.05) is 31.2 Å². The molecule has 21 heavy (non-hydrogen) atoms. The first-order valence-corrected chi connectivity index (χ1v) is 7.67. The normalized spacial score (nSPS) is 14.9. The summed E-state index contributed by atoms with van der Waals surface area (Å²) in [6, 6.07) is 7.72. The van der Waals surface area contributed by atoms with Crippen molar-refractivity contribution in [3.05, 3.63) is 29.8 Å². The number of quaternary nitrogens is 1. The quantitative estimate of drug-likeness (QED) is 0.690. The third kappa shape index (κ3) is 4.86. The Bertz CT molecular complexity index is 496. The monoisotopic (exact) mass is 290 g/mol. The third-order valence-corrected chi connectivity index (χ3v) is 3.84. The first-order valence-electron chi connectivity index (χ1n) is 7.67. The van der Waals surface area contributed by atoms with E-state index in [0.717, 1.165) is 30.8 Å². The van der Waals surface area contributed by atoms with Crippen LogP contribution in [0.2, 0.25) is 0 Å². The zero-order chi connectivity index (χ0) is 15.1. The van der Waals surface area contributed by atoms with Crippen molar-refractivity contribution in [2.75, 3.05) is 31.5 Å². The summed E-state index contributed by atoms with van der Waals surface area (Å²) >= 11 is 0. The Balaban J connectivity index is 1.75. The van der Waals surface area contributed by atoms with Gasteiger partial charge in [-0.05, 0) is 18.1 Å². The minimum atomic E-state index is -0.180. The van der Waals surface area contributed by atoms with Crippen LogP contribution in [0, 0.1) is 0 Å². The number of anilines is 1. The molecule has 0 aromatic heterocycles. The number of carbonyl (C=O) groups is 2. The Morgan fingerprint density at radius 1 is 1.14 bits per heavy atom. The SMILES string of the molecule is CCc1ccccc1NC(=O)CNC(=O)C[NH+]1CCCC1. The average Bonchev–Trinajstić information content (AvgIpc) is 2.98. The van der Waals surface area contributed by atoms with Crippen molar-refractivity contribution in [3.63, 3.8) is 0 Å². The lowest BCUT2D eigenvalue weighted by atomic mass is 10.1. The molecule has 1 saturated heterocycles. The number of para-hydroxylation sites is 1. The number of benzene rings is 1. The standard InChI is InChI=1S/C16H23N3O2/c1-2-13-7-3-4-8-14(13)18-15(20)11-17-16(21)12-19-9-5-6-10-19/h3-4,7-8H,2,5-6,9-12H2,1H3,(H,17,21)(H,18,20)/p+1. The molecule has 1 fully saturated rings. The molecule has 1 aromatic carbocycles. The highest BCUT2D eigenvalue weighted by Crippen LogP contribution is 2.14. The van der Waals surface area contributed by atoms with Crippen LogP contribution in [0.3, 0.4) is 0 Å². The molecule has 0 bridgehead atoms. The lowest BCUT2D eigenvalue weighted by Gasteiger charge is -2.12. The van der Waals surface area contributed by atoms with E-state index >= 15 is 0 Å². The second-order valence-electron chi connectivity index (χ2n) is 5.47. The van der Waals surface area contributed by atoms with Gasteiger partial charge in [0.05, 0.1) is 19.6 Å². The van der Waals surface area contributed by atoms with Crippen LogP contribution < -0.4 is 15.5 Å². The topological polar surface area (TPSA) is 62.6 Å². The van der Waals surface area contributed by atoms with Gasteiger partial charge in [-0.25, -0.2) is 0 Å². The lowest BCUT2D eigenvalue weighted by molar-refractivity contribution is -0.879. The third-order valence-electron chi connectivity index (χ3n) is 3.84. The number of carbonyl (C=O) groups excluding carboxylic acids is 2. The number of rotatable bonds is 6. The van der Waals surface area contributed by atoms with E-state index in [-0.39, 0.29) is 18.4 Å². The predicted molar refractivity (Wildman–Crippen MR) is 82.3 cm³/mol. The second-order valence-corrected chi connectivity index (χ2v) is 5.47. The maximum absolute atomic E-state index is 11.9. The number of amides is 2. The van der Waals surface area contributed by atoms with Gasteiger partial charge in [-0.3, -0.25) is 9.59 Å². The molecule has 0 unspecified atom stereocenters. The Labute approximate surface area is 125 Å². The van der Waals surface area contributed by atoms with Gasteiger partial charge in [0.2, 0.25) is 5.91 Å². The largest absolute Gasteiger partial charge is 0.342 e. The highest BCUT2D eigenvalue weighted by atomic mass is 16.2. The zero-order valence-electron chi connectivity index (χ0n) is 12.6. The molecule has 0 atom stereocenters. The van der Waals surface area contributed by atoms with Crippen molar-refractivity contribution in [1.82, 2.24) is 5.32 Å². The van der Waals surface area contributed by atoms with Crippen LogP contribution >= 0.6 is 0 Å². The lowest BCUT2D eigenvalue weighted by Crippen LogP contribution is -3.11. The van der Waals surface area contributed by atoms with E-state index in [4.69, 9.17) is 0 Å². The molecule has 1 aliphatic heterocycles. The van der Waals surface area contributed by atoms with Gasteiger partial charge < -0.3 is 15.5 Å². The number of hydrogen-bond donors (Lipinski definition) is 3. The molecular weight excluding hydrogens is 266 g/mol. The van der Waals surface area contributed by atoms with E-state index in [2.05, 4.69) is 10.6 Å². The summed E-state index contributed by atoms with van der Waals surface area (Å²) in [5, 5.41) is 5.55. The van der Waals surface area contributed by atoms with Gasteiger partial charge in [0.15, 0.2) is 6.54 Å². The van der Waals surface area contributed by atoms with Gasteiger partial charge in [-0.2, -0.15) is 0 Å². The van der Waals surface area contributed by atoms with Gasteiger partial charge in [0.25, 0.3) is 5.91 Å². The molecule has 5 heteroatoms. The molecule has 2 amide bonds. The summed E-state index contributed by atoms with van der Waals surface area (Å²) in [5.74, 6) is -0.230.